The van der Waals surface area contributed by atoms with Gasteiger partial charge in [-0.25, -0.2) is 4.98 Å². The standard InChI is InChI=1S/C18H11Cl2N3O2S/c19-12-3-6-14(15(20)7-12)16-10-26-18(22-16)23-17(24)9-25-13-4-1-11(8-21)2-5-13/h1-7,10H,9H2,(H,22,23,24). The Hall–Kier alpha value is -2.59. The fourth-order valence-electron chi connectivity index (χ4n) is 2.08. The third-order valence-corrected chi connectivity index (χ3v) is 4.62. The van der Waals surface area contributed by atoms with Crippen molar-refractivity contribution < 1.29 is 9.53 Å². The summed E-state index contributed by atoms with van der Waals surface area (Å²) in [5, 5.41) is 14.7. The summed E-state index contributed by atoms with van der Waals surface area (Å²) in [5.41, 5.74) is 1.92. The molecule has 0 atom stereocenters. The molecule has 0 bridgehead atoms. The number of carbonyl (C=O) groups excluding carboxylic acids is 1. The zero-order valence-electron chi connectivity index (χ0n) is 13.2. The van der Waals surface area contributed by atoms with Crippen LogP contribution in [0.5, 0.6) is 5.75 Å². The van der Waals surface area contributed by atoms with Gasteiger partial charge in [0, 0.05) is 16.0 Å². The Morgan fingerprint density at radius 3 is 2.69 bits per heavy atom. The summed E-state index contributed by atoms with van der Waals surface area (Å²) in [4.78, 5) is 16.4. The molecule has 1 amide bonds. The highest BCUT2D eigenvalue weighted by Gasteiger charge is 2.11. The summed E-state index contributed by atoms with van der Waals surface area (Å²) in [6.45, 7) is -0.164. The molecule has 0 fully saturated rings. The second-order valence-corrected chi connectivity index (χ2v) is 6.84. The molecule has 3 aromatic rings. The quantitative estimate of drug-likeness (QED) is 0.649. The number of hydrogen-bond donors (Lipinski definition) is 1. The molecule has 8 heteroatoms. The minimum Gasteiger partial charge on any atom is -0.484 e. The first-order valence-electron chi connectivity index (χ1n) is 7.39. The van der Waals surface area contributed by atoms with E-state index >= 15 is 0 Å². The Balaban J connectivity index is 1.59. The summed E-state index contributed by atoms with van der Waals surface area (Å²) in [5.74, 6) is 0.171. The molecule has 3 rings (SSSR count). The summed E-state index contributed by atoms with van der Waals surface area (Å²) in [7, 11) is 0. The molecule has 0 aliphatic rings. The van der Waals surface area contributed by atoms with E-state index in [1.165, 1.54) is 11.3 Å². The van der Waals surface area contributed by atoms with Gasteiger partial charge in [0.15, 0.2) is 11.7 Å². The van der Waals surface area contributed by atoms with Crippen LogP contribution < -0.4 is 10.1 Å². The molecular weight excluding hydrogens is 393 g/mol. The first-order chi connectivity index (χ1) is 12.5. The van der Waals surface area contributed by atoms with Crippen LogP contribution in [0.4, 0.5) is 5.13 Å². The lowest BCUT2D eigenvalue weighted by molar-refractivity contribution is -0.118. The number of thiazole rings is 1. The fraction of sp³-hybridized carbons (Fsp3) is 0.0556. The van der Waals surface area contributed by atoms with E-state index in [9.17, 15) is 4.79 Å². The van der Waals surface area contributed by atoms with Crippen LogP contribution in [0.1, 0.15) is 5.56 Å². The van der Waals surface area contributed by atoms with Crippen LogP contribution in [-0.2, 0) is 4.79 Å². The number of nitrogens with zero attached hydrogens (tertiary/aromatic N) is 2. The van der Waals surface area contributed by atoms with Crippen molar-refractivity contribution in [3.8, 4) is 23.1 Å². The highest BCUT2D eigenvalue weighted by Crippen LogP contribution is 2.32. The van der Waals surface area contributed by atoms with Crippen molar-refractivity contribution in [1.29, 1.82) is 5.26 Å². The Bertz CT molecular complexity index is 981. The molecule has 0 aliphatic carbocycles. The van der Waals surface area contributed by atoms with Crippen LogP contribution in [0.2, 0.25) is 10.0 Å². The van der Waals surface area contributed by atoms with E-state index in [1.807, 2.05) is 6.07 Å². The van der Waals surface area contributed by atoms with Gasteiger partial charge in [-0.2, -0.15) is 5.26 Å². The number of nitriles is 1. The van der Waals surface area contributed by atoms with Crippen molar-refractivity contribution in [3.05, 3.63) is 63.5 Å². The number of halogens is 2. The number of amides is 1. The number of ether oxygens (including phenoxy) is 1. The average molecular weight is 404 g/mol. The smallest absolute Gasteiger partial charge is 0.264 e. The van der Waals surface area contributed by atoms with Crippen molar-refractivity contribution in [3.63, 3.8) is 0 Å². The van der Waals surface area contributed by atoms with E-state index in [1.54, 1.807) is 47.8 Å². The number of rotatable bonds is 5. The SMILES string of the molecule is N#Cc1ccc(OCC(=O)Nc2nc(-c3ccc(Cl)cc3Cl)cs2)cc1. The van der Waals surface area contributed by atoms with Gasteiger partial charge >= 0.3 is 0 Å². The Morgan fingerprint density at radius 2 is 2.00 bits per heavy atom. The molecule has 0 saturated heterocycles. The molecule has 0 saturated carbocycles. The average Bonchev–Trinajstić information content (AvgIpc) is 3.08. The van der Waals surface area contributed by atoms with Gasteiger partial charge in [-0.1, -0.05) is 23.2 Å². The first kappa shape index (κ1) is 18.2. The lowest BCUT2D eigenvalue weighted by Crippen LogP contribution is -2.20. The molecule has 1 aromatic heterocycles. The molecule has 1 heterocycles. The van der Waals surface area contributed by atoms with Crippen molar-refractivity contribution in [2.24, 2.45) is 0 Å². The molecule has 1 N–H and O–H groups in total. The van der Waals surface area contributed by atoms with Gasteiger partial charge < -0.3 is 4.74 Å². The van der Waals surface area contributed by atoms with E-state index in [0.717, 1.165) is 5.56 Å². The highest BCUT2D eigenvalue weighted by molar-refractivity contribution is 7.14. The van der Waals surface area contributed by atoms with Crippen LogP contribution >= 0.6 is 34.5 Å². The number of aromatic nitrogens is 1. The predicted molar refractivity (Wildman–Crippen MR) is 103 cm³/mol. The van der Waals surface area contributed by atoms with E-state index in [-0.39, 0.29) is 12.5 Å². The van der Waals surface area contributed by atoms with E-state index in [0.29, 0.717) is 32.2 Å². The molecule has 130 valence electrons. The molecule has 5 nitrogen and oxygen atoms in total. The Labute approximate surface area is 163 Å². The minimum atomic E-state index is -0.336. The van der Waals surface area contributed by atoms with Gasteiger partial charge in [0.05, 0.1) is 22.3 Å². The van der Waals surface area contributed by atoms with E-state index in [2.05, 4.69) is 10.3 Å². The maximum Gasteiger partial charge on any atom is 0.264 e. The van der Waals surface area contributed by atoms with Crippen molar-refractivity contribution in [2.45, 2.75) is 0 Å². The van der Waals surface area contributed by atoms with Gasteiger partial charge in [0.1, 0.15) is 5.75 Å². The number of hydrogen-bond acceptors (Lipinski definition) is 5. The summed E-state index contributed by atoms with van der Waals surface area (Å²) < 4.78 is 5.38. The van der Waals surface area contributed by atoms with Crippen LogP contribution in [0.15, 0.2) is 47.8 Å². The Kier molecular flexibility index (Phi) is 5.74. The van der Waals surface area contributed by atoms with Crippen LogP contribution in [0.3, 0.4) is 0 Å². The van der Waals surface area contributed by atoms with Crippen LogP contribution in [-0.4, -0.2) is 17.5 Å². The molecular formula is C18H11Cl2N3O2S. The second-order valence-electron chi connectivity index (χ2n) is 5.14. The third kappa shape index (κ3) is 4.52. The van der Waals surface area contributed by atoms with E-state index < -0.39 is 0 Å². The molecule has 2 aromatic carbocycles. The number of anilines is 1. The third-order valence-electron chi connectivity index (χ3n) is 3.31. The highest BCUT2D eigenvalue weighted by atomic mass is 35.5. The Morgan fingerprint density at radius 1 is 1.23 bits per heavy atom. The largest absolute Gasteiger partial charge is 0.484 e. The zero-order valence-corrected chi connectivity index (χ0v) is 15.5. The maximum atomic E-state index is 12.0. The van der Waals surface area contributed by atoms with Crippen LogP contribution in [0.25, 0.3) is 11.3 Å². The number of benzene rings is 2. The van der Waals surface area contributed by atoms with Crippen LogP contribution in [0, 0.1) is 11.3 Å². The molecule has 0 unspecified atom stereocenters. The molecule has 0 spiro atoms. The van der Waals surface area contributed by atoms with Crippen molar-refractivity contribution in [1.82, 2.24) is 4.98 Å². The van der Waals surface area contributed by atoms with Gasteiger partial charge in [-0.15, -0.1) is 11.3 Å². The minimum absolute atomic E-state index is 0.164. The van der Waals surface area contributed by atoms with Gasteiger partial charge in [0.2, 0.25) is 0 Å². The maximum absolute atomic E-state index is 12.0. The molecule has 0 aliphatic heterocycles. The number of carbonyl (C=O) groups is 1. The number of nitrogens with one attached hydrogen (secondary N) is 1. The van der Waals surface area contributed by atoms with Gasteiger partial charge in [-0.05, 0) is 42.5 Å². The van der Waals surface area contributed by atoms with Crippen molar-refractivity contribution in [2.75, 3.05) is 11.9 Å². The van der Waals surface area contributed by atoms with Gasteiger partial charge in [-0.3, -0.25) is 10.1 Å². The fourth-order valence-corrected chi connectivity index (χ4v) is 3.31. The van der Waals surface area contributed by atoms with Crippen molar-refractivity contribution >= 4 is 45.6 Å². The van der Waals surface area contributed by atoms with Gasteiger partial charge in [0.25, 0.3) is 5.91 Å². The molecule has 0 radical (unpaired) electrons. The first-order valence-corrected chi connectivity index (χ1v) is 9.02. The second kappa shape index (κ2) is 8.19. The van der Waals surface area contributed by atoms with E-state index in [4.69, 9.17) is 33.2 Å². The lowest BCUT2D eigenvalue weighted by Gasteiger charge is -2.05. The zero-order chi connectivity index (χ0) is 18.5. The topological polar surface area (TPSA) is 75.0 Å². The predicted octanol–water partition coefficient (Wildman–Crippen LogP) is 5.01. The summed E-state index contributed by atoms with van der Waals surface area (Å²) in [6.07, 6.45) is 0. The normalized spacial score (nSPS) is 10.2. The monoisotopic (exact) mass is 403 g/mol. The summed E-state index contributed by atoms with van der Waals surface area (Å²) >= 11 is 13.3. The molecule has 26 heavy (non-hydrogen) atoms. The lowest BCUT2D eigenvalue weighted by atomic mass is 10.2. The summed E-state index contributed by atoms with van der Waals surface area (Å²) in [6, 6.07) is 13.7.